The van der Waals surface area contributed by atoms with E-state index in [9.17, 15) is 9.18 Å². The average Bonchev–Trinajstić information content (AvgIpc) is 3.10. The Morgan fingerprint density at radius 2 is 2.00 bits per heavy atom. The fraction of sp³-hybridized carbons (Fsp3) is 0.222. The Labute approximate surface area is 144 Å². The Balaban J connectivity index is 1.77. The summed E-state index contributed by atoms with van der Waals surface area (Å²) in [6.45, 7) is 4.22. The van der Waals surface area contributed by atoms with Gasteiger partial charge in [-0.1, -0.05) is 24.3 Å². The number of nitrogens with zero attached hydrogens (tertiary/aromatic N) is 4. The summed E-state index contributed by atoms with van der Waals surface area (Å²) < 4.78 is 14.9. The first-order chi connectivity index (χ1) is 12.0. The van der Waals surface area contributed by atoms with Crippen molar-refractivity contribution in [2.45, 2.75) is 26.4 Å². The SMILES string of the molecule is CC(C)n1nnnc1-c1cccc(C(=O)NCc2cccc(F)c2)c1. The number of hydrogen-bond donors (Lipinski definition) is 1. The molecule has 2 aromatic carbocycles. The molecule has 1 N–H and O–H groups in total. The number of rotatable bonds is 5. The second kappa shape index (κ2) is 7.21. The fourth-order valence-electron chi connectivity index (χ4n) is 2.46. The van der Waals surface area contributed by atoms with E-state index in [4.69, 9.17) is 0 Å². The molecule has 7 heteroatoms. The molecular weight excluding hydrogens is 321 g/mol. The number of hydrogen-bond acceptors (Lipinski definition) is 4. The van der Waals surface area contributed by atoms with E-state index in [1.807, 2.05) is 19.9 Å². The molecule has 3 aromatic rings. The molecule has 1 aromatic heterocycles. The highest BCUT2D eigenvalue weighted by Crippen LogP contribution is 2.20. The summed E-state index contributed by atoms with van der Waals surface area (Å²) in [6.07, 6.45) is 0. The van der Waals surface area contributed by atoms with Crippen LogP contribution in [0, 0.1) is 5.82 Å². The summed E-state index contributed by atoms with van der Waals surface area (Å²) in [5.74, 6) is 0.0405. The zero-order valence-corrected chi connectivity index (χ0v) is 14.0. The van der Waals surface area contributed by atoms with Gasteiger partial charge in [-0.15, -0.1) is 5.10 Å². The van der Waals surface area contributed by atoms with Gasteiger partial charge in [0.1, 0.15) is 5.82 Å². The second-order valence-corrected chi connectivity index (χ2v) is 5.93. The van der Waals surface area contributed by atoms with Crippen LogP contribution in [0.3, 0.4) is 0 Å². The summed E-state index contributed by atoms with van der Waals surface area (Å²) in [6, 6.07) is 13.3. The lowest BCUT2D eigenvalue weighted by Gasteiger charge is -2.09. The lowest BCUT2D eigenvalue weighted by Crippen LogP contribution is -2.22. The van der Waals surface area contributed by atoms with Gasteiger partial charge in [0, 0.05) is 17.7 Å². The minimum atomic E-state index is -0.325. The van der Waals surface area contributed by atoms with Crippen LogP contribution in [0.5, 0.6) is 0 Å². The van der Waals surface area contributed by atoms with E-state index in [1.165, 1.54) is 12.1 Å². The second-order valence-electron chi connectivity index (χ2n) is 5.93. The number of carbonyl (C=O) groups is 1. The highest BCUT2D eigenvalue weighted by Gasteiger charge is 2.13. The van der Waals surface area contributed by atoms with Gasteiger partial charge in [0.25, 0.3) is 5.91 Å². The summed E-state index contributed by atoms with van der Waals surface area (Å²) in [5, 5.41) is 14.5. The third-order valence-corrected chi connectivity index (χ3v) is 3.71. The first-order valence-corrected chi connectivity index (χ1v) is 7.95. The van der Waals surface area contributed by atoms with Crippen LogP contribution in [0.2, 0.25) is 0 Å². The van der Waals surface area contributed by atoms with Gasteiger partial charge in [0.2, 0.25) is 0 Å². The van der Waals surface area contributed by atoms with Crippen LogP contribution in [0.1, 0.15) is 35.8 Å². The largest absolute Gasteiger partial charge is 0.348 e. The Bertz CT molecular complexity index is 890. The zero-order valence-electron chi connectivity index (χ0n) is 14.0. The molecule has 3 rings (SSSR count). The van der Waals surface area contributed by atoms with Crippen LogP contribution in [0.25, 0.3) is 11.4 Å². The number of benzene rings is 2. The van der Waals surface area contributed by atoms with E-state index in [1.54, 1.807) is 35.0 Å². The number of carbonyl (C=O) groups excluding carboxylic acids is 1. The Hall–Kier alpha value is -3.09. The molecule has 6 nitrogen and oxygen atoms in total. The van der Waals surface area contributed by atoms with E-state index in [2.05, 4.69) is 20.8 Å². The molecule has 0 aliphatic rings. The highest BCUT2D eigenvalue weighted by molar-refractivity contribution is 5.95. The molecule has 128 valence electrons. The average molecular weight is 339 g/mol. The topological polar surface area (TPSA) is 72.7 Å². The Kier molecular flexibility index (Phi) is 4.83. The molecule has 0 spiro atoms. The molecule has 0 aliphatic carbocycles. The van der Waals surface area contributed by atoms with Crippen LogP contribution < -0.4 is 5.32 Å². The van der Waals surface area contributed by atoms with E-state index < -0.39 is 0 Å². The molecule has 0 fully saturated rings. The number of nitrogens with one attached hydrogen (secondary N) is 1. The van der Waals surface area contributed by atoms with Crippen LogP contribution in [0.15, 0.2) is 48.5 Å². The number of halogens is 1. The van der Waals surface area contributed by atoms with Crippen LogP contribution in [-0.4, -0.2) is 26.1 Å². The van der Waals surface area contributed by atoms with E-state index in [-0.39, 0.29) is 24.3 Å². The van der Waals surface area contributed by atoms with Crippen molar-refractivity contribution in [1.29, 1.82) is 0 Å². The standard InChI is InChI=1S/C18H18FN5O/c1-12(2)24-17(21-22-23-24)14-6-4-7-15(10-14)18(25)20-11-13-5-3-8-16(19)9-13/h3-10,12H,11H2,1-2H3,(H,20,25). The first kappa shape index (κ1) is 16.8. The van der Waals surface area contributed by atoms with Crippen molar-refractivity contribution in [3.8, 4) is 11.4 Å². The van der Waals surface area contributed by atoms with Crippen molar-refractivity contribution in [2.75, 3.05) is 0 Å². The number of amides is 1. The molecule has 25 heavy (non-hydrogen) atoms. The van der Waals surface area contributed by atoms with Gasteiger partial charge in [-0.2, -0.15) is 0 Å². The third kappa shape index (κ3) is 3.88. The van der Waals surface area contributed by atoms with Gasteiger partial charge >= 0.3 is 0 Å². The van der Waals surface area contributed by atoms with Crippen LogP contribution >= 0.6 is 0 Å². The Morgan fingerprint density at radius 3 is 2.76 bits per heavy atom. The maximum absolute atomic E-state index is 13.2. The van der Waals surface area contributed by atoms with Crippen molar-refractivity contribution < 1.29 is 9.18 Å². The van der Waals surface area contributed by atoms with Gasteiger partial charge in [0.05, 0.1) is 6.04 Å². The molecule has 0 radical (unpaired) electrons. The zero-order chi connectivity index (χ0) is 17.8. The van der Waals surface area contributed by atoms with Gasteiger partial charge < -0.3 is 5.32 Å². The van der Waals surface area contributed by atoms with Crippen LogP contribution in [0.4, 0.5) is 4.39 Å². The van der Waals surface area contributed by atoms with Crippen molar-refractivity contribution >= 4 is 5.91 Å². The minimum absolute atomic E-state index is 0.107. The molecule has 0 atom stereocenters. The fourth-order valence-corrected chi connectivity index (χ4v) is 2.46. The number of tetrazole rings is 1. The lowest BCUT2D eigenvalue weighted by atomic mass is 10.1. The maximum Gasteiger partial charge on any atom is 0.251 e. The van der Waals surface area contributed by atoms with Crippen molar-refractivity contribution in [3.63, 3.8) is 0 Å². The predicted molar refractivity (Wildman–Crippen MR) is 91.2 cm³/mol. The molecule has 0 unspecified atom stereocenters. The van der Waals surface area contributed by atoms with Crippen molar-refractivity contribution in [1.82, 2.24) is 25.5 Å². The molecule has 0 aliphatic heterocycles. The summed E-state index contributed by atoms with van der Waals surface area (Å²) in [4.78, 5) is 12.4. The van der Waals surface area contributed by atoms with Gasteiger partial charge in [-0.3, -0.25) is 4.79 Å². The molecular formula is C18H18FN5O. The lowest BCUT2D eigenvalue weighted by molar-refractivity contribution is 0.0951. The van der Waals surface area contributed by atoms with Crippen molar-refractivity contribution in [3.05, 3.63) is 65.5 Å². The first-order valence-electron chi connectivity index (χ1n) is 7.95. The normalized spacial score (nSPS) is 10.9. The monoisotopic (exact) mass is 339 g/mol. The maximum atomic E-state index is 13.2. The van der Waals surface area contributed by atoms with Gasteiger partial charge in [-0.05, 0) is 54.1 Å². The summed E-state index contributed by atoms with van der Waals surface area (Å²) >= 11 is 0. The predicted octanol–water partition coefficient (Wildman–Crippen LogP) is 2.99. The van der Waals surface area contributed by atoms with E-state index >= 15 is 0 Å². The summed E-state index contributed by atoms with van der Waals surface area (Å²) in [5.41, 5.74) is 1.96. The van der Waals surface area contributed by atoms with E-state index in [0.29, 0.717) is 17.0 Å². The molecule has 0 bridgehead atoms. The molecule has 1 heterocycles. The smallest absolute Gasteiger partial charge is 0.251 e. The Morgan fingerprint density at radius 1 is 1.20 bits per heavy atom. The van der Waals surface area contributed by atoms with E-state index in [0.717, 1.165) is 5.56 Å². The minimum Gasteiger partial charge on any atom is -0.348 e. The number of aromatic nitrogens is 4. The molecule has 1 amide bonds. The molecule has 0 saturated carbocycles. The molecule has 0 saturated heterocycles. The summed E-state index contributed by atoms with van der Waals surface area (Å²) in [7, 11) is 0. The van der Waals surface area contributed by atoms with Gasteiger partial charge in [0.15, 0.2) is 5.82 Å². The third-order valence-electron chi connectivity index (χ3n) is 3.71. The highest BCUT2D eigenvalue weighted by atomic mass is 19.1. The quantitative estimate of drug-likeness (QED) is 0.775. The van der Waals surface area contributed by atoms with Crippen molar-refractivity contribution in [2.24, 2.45) is 0 Å². The van der Waals surface area contributed by atoms with Gasteiger partial charge in [-0.25, -0.2) is 9.07 Å². The van der Waals surface area contributed by atoms with Crippen LogP contribution in [-0.2, 0) is 6.54 Å².